The maximum Gasteiger partial charge on any atom is 0.322 e. The van der Waals surface area contributed by atoms with Gasteiger partial charge in [0, 0.05) is 6.42 Å². The summed E-state index contributed by atoms with van der Waals surface area (Å²) in [5.41, 5.74) is 5.51. The van der Waals surface area contributed by atoms with Crippen LogP contribution in [0.25, 0.3) is 0 Å². The standard InChI is InChI=1S/C15H26N4O7/c1-3-8(2)13(15(26)18-7-12(23)24)19-10(20)6-17-14(25)9(16)4-5-11(21)22/h8-9,13H,3-7,16H2,1-2H3,(H,17,25)(H,18,26)(H,19,20)(H,21,22)(H,23,24). The van der Waals surface area contributed by atoms with Crippen LogP contribution < -0.4 is 21.7 Å². The van der Waals surface area contributed by atoms with Crippen molar-refractivity contribution in [3.63, 3.8) is 0 Å². The Morgan fingerprint density at radius 3 is 2.04 bits per heavy atom. The fourth-order valence-electron chi connectivity index (χ4n) is 1.91. The summed E-state index contributed by atoms with van der Waals surface area (Å²) in [6.07, 6.45) is 0.203. The zero-order valence-corrected chi connectivity index (χ0v) is 14.8. The van der Waals surface area contributed by atoms with Gasteiger partial charge in [0.2, 0.25) is 17.7 Å². The highest BCUT2D eigenvalue weighted by atomic mass is 16.4. The summed E-state index contributed by atoms with van der Waals surface area (Å²) in [4.78, 5) is 56.6. The summed E-state index contributed by atoms with van der Waals surface area (Å²) >= 11 is 0. The predicted molar refractivity (Wildman–Crippen MR) is 89.9 cm³/mol. The Balaban J connectivity index is 4.56. The van der Waals surface area contributed by atoms with Crippen molar-refractivity contribution >= 4 is 29.7 Å². The fourth-order valence-corrected chi connectivity index (χ4v) is 1.91. The van der Waals surface area contributed by atoms with E-state index in [-0.39, 0.29) is 18.8 Å². The number of amides is 3. The molecular formula is C15H26N4O7. The first-order chi connectivity index (χ1) is 12.1. The van der Waals surface area contributed by atoms with Gasteiger partial charge in [-0.15, -0.1) is 0 Å². The monoisotopic (exact) mass is 374 g/mol. The molecule has 0 radical (unpaired) electrons. The van der Waals surface area contributed by atoms with Gasteiger partial charge in [-0.2, -0.15) is 0 Å². The van der Waals surface area contributed by atoms with Crippen molar-refractivity contribution in [3.8, 4) is 0 Å². The average Bonchev–Trinajstić information content (AvgIpc) is 2.59. The molecule has 3 unspecified atom stereocenters. The van der Waals surface area contributed by atoms with E-state index in [0.29, 0.717) is 6.42 Å². The molecule has 26 heavy (non-hydrogen) atoms. The lowest BCUT2D eigenvalue weighted by Crippen LogP contribution is -2.53. The quantitative estimate of drug-likeness (QED) is 0.227. The minimum Gasteiger partial charge on any atom is -0.481 e. The molecule has 11 heteroatoms. The van der Waals surface area contributed by atoms with Crippen molar-refractivity contribution in [3.05, 3.63) is 0 Å². The van der Waals surface area contributed by atoms with Crippen LogP contribution in [0.15, 0.2) is 0 Å². The van der Waals surface area contributed by atoms with E-state index in [4.69, 9.17) is 15.9 Å². The summed E-state index contributed by atoms with van der Waals surface area (Å²) in [6.45, 7) is 2.50. The molecule has 0 aliphatic rings. The molecule has 148 valence electrons. The number of rotatable bonds is 12. The van der Waals surface area contributed by atoms with Gasteiger partial charge in [0.25, 0.3) is 0 Å². The first-order valence-electron chi connectivity index (χ1n) is 8.12. The summed E-state index contributed by atoms with van der Waals surface area (Å²) < 4.78 is 0. The van der Waals surface area contributed by atoms with Crippen molar-refractivity contribution in [2.75, 3.05) is 13.1 Å². The van der Waals surface area contributed by atoms with Crippen molar-refractivity contribution in [2.24, 2.45) is 11.7 Å². The maximum absolute atomic E-state index is 12.0. The van der Waals surface area contributed by atoms with Gasteiger partial charge in [-0.1, -0.05) is 20.3 Å². The van der Waals surface area contributed by atoms with E-state index in [9.17, 15) is 24.0 Å². The Kier molecular flexibility index (Phi) is 10.6. The molecule has 0 aliphatic carbocycles. The lowest BCUT2D eigenvalue weighted by atomic mass is 9.98. The second-order valence-corrected chi connectivity index (χ2v) is 5.80. The van der Waals surface area contributed by atoms with Gasteiger partial charge in [-0.25, -0.2) is 0 Å². The Labute approximate surface area is 150 Å². The summed E-state index contributed by atoms with van der Waals surface area (Å²) in [5.74, 6) is -4.54. The number of carboxylic acid groups (broad SMARTS) is 2. The fraction of sp³-hybridized carbons (Fsp3) is 0.667. The van der Waals surface area contributed by atoms with Gasteiger partial charge < -0.3 is 31.9 Å². The number of nitrogens with one attached hydrogen (secondary N) is 3. The Hall–Kier alpha value is -2.69. The van der Waals surface area contributed by atoms with Crippen LogP contribution >= 0.6 is 0 Å². The molecule has 0 spiro atoms. The molecule has 0 aromatic carbocycles. The normalized spacial score (nSPS) is 13.8. The van der Waals surface area contributed by atoms with Crippen molar-refractivity contribution in [2.45, 2.75) is 45.2 Å². The predicted octanol–water partition coefficient (Wildman–Crippen LogP) is -1.97. The number of hydrogen-bond donors (Lipinski definition) is 6. The third kappa shape index (κ3) is 9.57. The van der Waals surface area contributed by atoms with Crippen LogP contribution in [0.2, 0.25) is 0 Å². The maximum atomic E-state index is 12.0. The van der Waals surface area contributed by atoms with Crippen molar-refractivity contribution in [1.82, 2.24) is 16.0 Å². The first kappa shape index (κ1) is 23.3. The van der Waals surface area contributed by atoms with Gasteiger partial charge in [0.05, 0.1) is 12.6 Å². The second kappa shape index (κ2) is 11.8. The van der Waals surface area contributed by atoms with Crippen LogP contribution in [0.5, 0.6) is 0 Å². The number of nitrogens with two attached hydrogens (primary N) is 1. The molecule has 7 N–H and O–H groups in total. The summed E-state index contributed by atoms with van der Waals surface area (Å²) in [5, 5.41) is 24.0. The number of carboxylic acids is 2. The highest BCUT2D eigenvalue weighted by Gasteiger charge is 2.26. The lowest BCUT2D eigenvalue weighted by Gasteiger charge is -2.23. The van der Waals surface area contributed by atoms with Crippen LogP contribution in [-0.4, -0.2) is 65.0 Å². The number of aliphatic carboxylic acids is 2. The van der Waals surface area contributed by atoms with Crippen LogP contribution in [0.4, 0.5) is 0 Å². The van der Waals surface area contributed by atoms with Crippen molar-refractivity contribution < 1.29 is 34.2 Å². The molecule has 0 aromatic heterocycles. The van der Waals surface area contributed by atoms with E-state index in [1.54, 1.807) is 13.8 Å². The molecule has 0 saturated carbocycles. The number of hydrogen-bond acceptors (Lipinski definition) is 6. The molecule has 0 heterocycles. The second-order valence-electron chi connectivity index (χ2n) is 5.80. The summed E-state index contributed by atoms with van der Waals surface area (Å²) in [7, 11) is 0. The molecule has 0 aromatic rings. The van der Waals surface area contributed by atoms with Gasteiger partial charge in [0.1, 0.15) is 12.6 Å². The molecule has 0 bridgehead atoms. The highest BCUT2D eigenvalue weighted by molar-refractivity contribution is 5.92. The zero-order chi connectivity index (χ0) is 20.3. The molecule has 0 aliphatic heterocycles. The number of carbonyl (C=O) groups is 5. The smallest absolute Gasteiger partial charge is 0.322 e. The van der Waals surface area contributed by atoms with E-state index < -0.39 is 54.8 Å². The van der Waals surface area contributed by atoms with Gasteiger partial charge in [0.15, 0.2) is 0 Å². The molecule has 11 nitrogen and oxygen atoms in total. The number of carbonyl (C=O) groups excluding carboxylic acids is 3. The largest absolute Gasteiger partial charge is 0.481 e. The van der Waals surface area contributed by atoms with Crippen LogP contribution in [0.3, 0.4) is 0 Å². The minimum atomic E-state index is -1.21. The SMILES string of the molecule is CCC(C)C(NC(=O)CNC(=O)C(N)CCC(=O)O)C(=O)NCC(=O)O. The molecule has 0 rings (SSSR count). The highest BCUT2D eigenvalue weighted by Crippen LogP contribution is 2.07. The first-order valence-corrected chi connectivity index (χ1v) is 8.12. The third-order valence-corrected chi connectivity index (χ3v) is 3.65. The van der Waals surface area contributed by atoms with Gasteiger partial charge >= 0.3 is 11.9 Å². The third-order valence-electron chi connectivity index (χ3n) is 3.65. The summed E-state index contributed by atoms with van der Waals surface area (Å²) in [6, 6.07) is -2.02. The lowest BCUT2D eigenvalue weighted by molar-refractivity contribution is -0.139. The van der Waals surface area contributed by atoms with E-state index >= 15 is 0 Å². The molecule has 0 saturated heterocycles. The van der Waals surface area contributed by atoms with Gasteiger partial charge in [-0.3, -0.25) is 24.0 Å². The van der Waals surface area contributed by atoms with E-state index in [1.165, 1.54) is 0 Å². The van der Waals surface area contributed by atoms with Gasteiger partial charge in [-0.05, 0) is 12.3 Å². The van der Waals surface area contributed by atoms with E-state index in [0.717, 1.165) is 0 Å². The van der Waals surface area contributed by atoms with Crippen LogP contribution in [0.1, 0.15) is 33.1 Å². The molecule has 3 amide bonds. The average molecular weight is 374 g/mol. The van der Waals surface area contributed by atoms with E-state index in [2.05, 4.69) is 16.0 Å². The Morgan fingerprint density at radius 1 is 0.962 bits per heavy atom. The molecular weight excluding hydrogens is 348 g/mol. The topological polar surface area (TPSA) is 188 Å². The van der Waals surface area contributed by atoms with Crippen molar-refractivity contribution in [1.29, 1.82) is 0 Å². The van der Waals surface area contributed by atoms with Crippen LogP contribution in [-0.2, 0) is 24.0 Å². The molecule has 3 atom stereocenters. The van der Waals surface area contributed by atoms with E-state index in [1.807, 2.05) is 0 Å². The zero-order valence-electron chi connectivity index (χ0n) is 14.8. The molecule has 0 fully saturated rings. The van der Waals surface area contributed by atoms with Crippen LogP contribution in [0, 0.1) is 5.92 Å². The minimum absolute atomic E-state index is 0.0735. The Morgan fingerprint density at radius 2 is 1.54 bits per heavy atom. The Bertz CT molecular complexity index is 538.